The highest BCUT2D eigenvalue weighted by Gasteiger charge is 2.51. The molecule has 0 bridgehead atoms. The van der Waals surface area contributed by atoms with Gasteiger partial charge in [0, 0.05) is 6.42 Å². The third-order valence-electron chi connectivity index (χ3n) is 18.5. The Labute approximate surface area is 526 Å². The number of carbonyl (C=O) groups is 1. The fourth-order valence-electron chi connectivity index (χ4n) is 12.6. The first-order valence-corrected chi connectivity index (χ1v) is 36.9. The molecule has 2 saturated heterocycles. The van der Waals surface area contributed by atoms with E-state index in [4.69, 9.17) is 18.9 Å². The predicted molar refractivity (Wildman–Crippen MR) is 351 cm³/mol. The molecule has 2 fully saturated rings. The fourth-order valence-corrected chi connectivity index (χ4v) is 12.6. The Kier molecular flexibility index (Phi) is 54.1. The number of unbranched alkanes of at least 4 members (excludes halogenated alkanes) is 49. The van der Waals surface area contributed by atoms with Gasteiger partial charge in [-0.2, -0.15) is 0 Å². The van der Waals surface area contributed by atoms with Gasteiger partial charge < -0.3 is 65.1 Å². The van der Waals surface area contributed by atoms with Crippen molar-refractivity contribution in [3.8, 4) is 0 Å². The van der Waals surface area contributed by atoms with Crippen LogP contribution in [-0.4, -0.2) is 140 Å². The first-order chi connectivity index (χ1) is 42.1. The lowest BCUT2D eigenvalue weighted by molar-refractivity contribution is -0.359. The fraction of sp³-hybridized carbons (Fsp3) is 0.958. The number of nitrogens with one attached hydrogen (secondary N) is 1. The Balaban J connectivity index is 1.51. The summed E-state index contributed by atoms with van der Waals surface area (Å²) in [6.45, 7) is 2.83. The summed E-state index contributed by atoms with van der Waals surface area (Å²) >= 11 is 0. The summed E-state index contributed by atoms with van der Waals surface area (Å²) < 4.78 is 22.8. The first kappa shape index (κ1) is 80.8. The zero-order valence-electron chi connectivity index (χ0n) is 55.6. The molecular weight excluding hydrogens is 1090 g/mol. The van der Waals surface area contributed by atoms with Crippen LogP contribution in [0.15, 0.2) is 12.2 Å². The summed E-state index contributed by atoms with van der Waals surface area (Å²) in [6, 6.07) is -0.910. The number of ether oxygens (including phenoxy) is 4. The van der Waals surface area contributed by atoms with Gasteiger partial charge in [0.1, 0.15) is 48.8 Å². The second-order valence-electron chi connectivity index (χ2n) is 26.4. The van der Waals surface area contributed by atoms with Crippen molar-refractivity contribution in [2.75, 3.05) is 19.8 Å². The van der Waals surface area contributed by atoms with Gasteiger partial charge in [0.05, 0.1) is 32.0 Å². The molecule has 2 rings (SSSR count). The number of rotatable bonds is 62. The molecule has 0 aromatic heterocycles. The molecule has 2 aliphatic rings. The van der Waals surface area contributed by atoms with E-state index >= 15 is 0 Å². The van der Waals surface area contributed by atoms with E-state index in [2.05, 4.69) is 19.2 Å². The summed E-state index contributed by atoms with van der Waals surface area (Å²) in [7, 11) is 0. The van der Waals surface area contributed by atoms with Gasteiger partial charge >= 0.3 is 0 Å². The lowest BCUT2D eigenvalue weighted by Crippen LogP contribution is -2.65. The summed E-state index contributed by atoms with van der Waals surface area (Å²) in [6.07, 6.45) is 54.7. The zero-order chi connectivity index (χ0) is 62.3. The Bertz CT molecular complexity index is 1490. The molecule has 0 aromatic carbocycles. The first-order valence-electron chi connectivity index (χ1n) is 36.9. The van der Waals surface area contributed by atoms with E-state index in [-0.39, 0.29) is 18.9 Å². The minimum Gasteiger partial charge on any atom is -0.394 e. The number of amides is 1. The highest BCUT2D eigenvalue weighted by Crippen LogP contribution is 2.30. The molecule has 12 unspecified atom stereocenters. The molecule has 0 aromatic rings. The van der Waals surface area contributed by atoms with Gasteiger partial charge in [-0.1, -0.05) is 334 Å². The third-order valence-corrected chi connectivity index (χ3v) is 18.5. The molecule has 2 heterocycles. The molecular formula is C72H139NO13. The van der Waals surface area contributed by atoms with Crippen LogP contribution in [0.5, 0.6) is 0 Å². The lowest BCUT2D eigenvalue weighted by atomic mass is 9.97. The van der Waals surface area contributed by atoms with Gasteiger partial charge in [-0.15, -0.1) is 0 Å². The van der Waals surface area contributed by atoms with Gasteiger partial charge in [0.2, 0.25) is 5.91 Å². The number of aliphatic hydroxyl groups is 8. The maximum Gasteiger partial charge on any atom is 0.220 e. The summed E-state index contributed by atoms with van der Waals surface area (Å²) in [4.78, 5) is 13.3. The number of carbonyl (C=O) groups excluding carboxylic acids is 1. The maximum atomic E-state index is 13.3. The molecule has 14 nitrogen and oxygen atoms in total. The molecule has 0 radical (unpaired) electrons. The van der Waals surface area contributed by atoms with Crippen molar-refractivity contribution in [3.05, 3.63) is 12.2 Å². The number of hydrogen-bond donors (Lipinski definition) is 9. The van der Waals surface area contributed by atoms with Crippen LogP contribution >= 0.6 is 0 Å². The van der Waals surface area contributed by atoms with Gasteiger partial charge in [-0.3, -0.25) is 4.79 Å². The molecule has 86 heavy (non-hydrogen) atoms. The van der Waals surface area contributed by atoms with Gasteiger partial charge in [-0.25, -0.2) is 0 Å². The Morgan fingerprint density at radius 1 is 0.407 bits per heavy atom. The van der Waals surface area contributed by atoms with E-state index in [9.17, 15) is 45.6 Å². The molecule has 9 N–H and O–H groups in total. The molecule has 510 valence electrons. The topological polar surface area (TPSA) is 228 Å². The minimum absolute atomic E-state index is 0.233. The largest absolute Gasteiger partial charge is 0.394 e. The monoisotopic (exact) mass is 1230 g/mol. The number of hydrogen-bond acceptors (Lipinski definition) is 13. The summed E-state index contributed by atoms with van der Waals surface area (Å²) in [5.74, 6) is -0.233. The van der Waals surface area contributed by atoms with Crippen molar-refractivity contribution in [2.45, 2.75) is 421 Å². The highest BCUT2D eigenvalue weighted by molar-refractivity contribution is 5.76. The van der Waals surface area contributed by atoms with Crippen molar-refractivity contribution in [1.29, 1.82) is 0 Å². The van der Waals surface area contributed by atoms with E-state index in [0.29, 0.717) is 6.42 Å². The van der Waals surface area contributed by atoms with Gasteiger partial charge in [0.25, 0.3) is 0 Å². The second-order valence-corrected chi connectivity index (χ2v) is 26.4. The van der Waals surface area contributed by atoms with E-state index in [1.54, 1.807) is 6.08 Å². The Morgan fingerprint density at radius 3 is 1.07 bits per heavy atom. The quantitative estimate of drug-likeness (QED) is 0.0204. The van der Waals surface area contributed by atoms with Crippen LogP contribution < -0.4 is 5.32 Å². The predicted octanol–water partition coefficient (Wildman–Crippen LogP) is 15.4. The number of allylic oxidation sites excluding steroid dienone is 1. The van der Waals surface area contributed by atoms with E-state index < -0.39 is 86.8 Å². The minimum atomic E-state index is -1.79. The highest BCUT2D eigenvalue weighted by atomic mass is 16.7. The average Bonchev–Trinajstić information content (AvgIpc) is 2.50. The van der Waals surface area contributed by atoms with E-state index in [1.807, 2.05) is 6.08 Å². The van der Waals surface area contributed by atoms with Crippen molar-refractivity contribution in [1.82, 2.24) is 5.32 Å². The van der Waals surface area contributed by atoms with E-state index in [0.717, 1.165) is 38.5 Å². The van der Waals surface area contributed by atoms with E-state index in [1.165, 1.54) is 283 Å². The van der Waals surface area contributed by atoms with Crippen molar-refractivity contribution >= 4 is 5.91 Å². The molecule has 0 aliphatic carbocycles. The van der Waals surface area contributed by atoms with Crippen LogP contribution in [0.4, 0.5) is 0 Å². The Hall–Kier alpha value is -1.27. The van der Waals surface area contributed by atoms with Crippen LogP contribution in [0, 0.1) is 0 Å². The summed E-state index contributed by atoms with van der Waals surface area (Å²) in [5.41, 5.74) is 0. The lowest BCUT2D eigenvalue weighted by Gasteiger charge is -2.46. The molecule has 14 heteroatoms. The van der Waals surface area contributed by atoms with Crippen LogP contribution in [0.1, 0.15) is 348 Å². The Morgan fingerprint density at radius 2 is 0.721 bits per heavy atom. The standard InChI is InChI=1S/C72H139NO13/c1-3-5-7-9-11-13-15-17-18-19-20-21-22-23-24-25-26-27-28-29-30-31-32-33-34-35-36-37-38-39-40-41-42-43-44-46-48-50-52-54-56-64(77)73-60(61(76)55-53-51-49-47-45-16-14-12-10-8-6-4-2)59-83-71-69(82)67(80)70(63(58-75)85-71)86-72-68(81)66(79)65(78)62(57-74)84-72/h53,55,60-63,65-72,74-76,78-82H,3-52,54,56-59H2,1-2H3,(H,73,77)/b55-53+. The van der Waals surface area contributed by atoms with Crippen LogP contribution in [-0.2, 0) is 23.7 Å². The second kappa shape index (κ2) is 57.6. The summed E-state index contributed by atoms with van der Waals surface area (Å²) in [5, 5.41) is 87.2. The van der Waals surface area contributed by atoms with Crippen LogP contribution in [0.25, 0.3) is 0 Å². The molecule has 2 aliphatic heterocycles. The number of aliphatic hydroxyl groups excluding tert-OH is 8. The molecule has 0 spiro atoms. The molecule has 0 saturated carbocycles. The normalized spacial score (nSPS) is 23.4. The van der Waals surface area contributed by atoms with Crippen LogP contribution in [0.3, 0.4) is 0 Å². The van der Waals surface area contributed by atoms with Crippen molar-refractivity contribution < 1.29 is 64.6 Å². The SMILES string of the molecule is CCCCCCCCCCCC/C=C/C(O)C(COC1OC(CO)C(OC2OC(CO)C(O)C(O)C2O)C(O)C1O)NC(=O)CCCCCCCCCCCCCCCCCCCCCCCCCCCCCCCCCCCCCCCCCC. The average molecular weight is 1230 g/mol. The van der Waals surface area contributed by atoms with Gasteiger partial charge in [0.15, 0.2) is 12.6 Å². The molecule has 12 atom stereocenters. The van der Waals surface area contributed by atoms with Gasteiger partial charge in [-0.05, 0) is 19.3 Å². The van der Waals surface area contributed by atoms with Crippen molar-refractivity contribution in [2.24, 2.45) is 0 Å². The smallest absolute Gasteiger partial charge is 0.220 e. The van der Waals surface area contributed by atoms with Crippen LogP contribution in [0.2, 0.25) is 0 Å². The molecule has 1 amide bonds. The zero-order valence-corrected chi connectivity index (χ0v) is 55.6. The maximum absolute atomic E-state index is 13.3. The third kappa shape index (κ3) is 41.3. The van der Waals surface area contributed by atoms with Crippen molar-refractivity contribution in [3.63, 3.8) is 0 Å².